The highest BCUT2D eigenvalue weighted by Gasteiger charge is 2.20. The van der Waals surface area contributed by atoms with E-state index in [4.69, 9.17) is 20.5 Å². The summed E-state index contributed by atoms with van der Waals surface area (Å²) in [5, 5.41) is 25.2. The van der Waals surface area contributed by atoms with Gasteiger partial charge in [0.05, 0.1) is 23.0 Å². The number of rotatable bonds is 11. The lowest BCUT2D eigenvalue weighted by molar-refractivity contribution is 0.300. The first-order valence-electron chi connectivity index (χ1n) is 10.8. The van der Waals surface area contributed by atoms with Crippen LogP contribution in [0.2, 0.25) is 0 Å². The van der Waals surface area contributed by atoms with Crippen molar-refractivity contribution in [2.24, 2.45) is 0 Å². The normalized spacial score (nSPS) is 12.2. The van der Waals surface area contributed by atoms with Gasteiger partial charge in [0.25, 0.3) is 5.71 Å². The van der Waals surface area contributed by atoms with Gasteiger partial charge in [-0.2, -0.15) is 9.97 Å². The summed E-state index contributed by atoms with van der Waals surface area (Å²) < 4.78 is 58.9. The van der Waals surface area contributed by atoms with Gasteiger partial charge >= 0.3 is 0 Å². The minimum Gasteiger partial charge on any atom is -0.395 e. The van der Waals surface area contributed by atoms with E-state index in [1.807, 2.05) is 0 Å². The maximum atomic E-state index is 12.3. The van der Waals surface area contributed by atoms with Crippen LogP contribution in [0, 0.1) is 0 Å². The van der Waals surface area contributed by atoms with Crippen LogP contribution < -0.4 is 20.5 Å². The Kier molecular flexibility index (Phi) is 7.67. The molecule has 2 aromatic carbocycles. The molecule has 0 fully saturated rings. The third kappa shape index (κ3) is 5.85. The van der Waals surface area contributed by atoms with Crippen molar-refractivity contribution in [3.63, 3.8) is 0 Å². The third-order valence-corrected chi connectivity index (χ3v) is 7.98. The van der Waals surface area contributed by atoms with E-state index < -0.39 is 20.0 Å². The van der Waals surface area contributed by atoms with E-state index in [0.29, 0.717) is 22.3 Å². The Morgan fingerprint density at radius 2 is 1.35 bits per heavy atom. The second-order valence-corrected chi connectivity index (χ2v) is 11.1. The van der Waals surface area contributed by atoms with Crippen LogP contribution in [0.5, 0.6) is 0 Å². The van der Waals surface area contributed by atoms with Crippen molar-refractivity contribution in [1.29, 1.82) is 0 Å². The molecule has 0 unspecified atom stereocenters. The smallest absolute Gasteiger partial charge is 0.265 e. The maximum Gasteiger partial charge on any atom is 0.265 e. The molecule has 37 heavy (non-hydrogen) atoms. The molecule has 0 radical (unpaired) electrons. The minimum atomic E-state index is -3.79. The second kappa shape index (κ2) is 10.8. The van der Waals surface area contributed by atoms with Gasteiger partial charge in [0, 0.05) is 24.3 Å². The van der Waals surface area contributed by atoms with Crippen LogP contribution in [-0.4, -0.2) is 68.5 Å². The molecule has 0 aliphatic rings. The second-order valence-electron chi connectivity index (χ2n) is 7.56. The molecule has 0 amide bonds. The van der Waals surface area contributed by atoms with Gasteiger partial charge in [0.1, 0.15) is 16.9 Å². The van der Waals surface area contributed by atoms with Crippen molar-refractivity contribution in [3.05, 3.63) is 48.5 Å². The fourth-order valence-corrected chi connectivity index (χ4v) is 5.37. The Labute approximate surface area is 211 Å². The van der Waals surface area contributed by atoms with Crippen LogP contribution >= 0.6 is 0 Å². The number of aromatic nitrogens is 3. The number of sulfonamides is 2. The molecule has 7 N–H and O–H groups in total. The van der Waals surface area contributed by atoms with E-state index >= 15 is 0 Å². The summed E-state index contributed by atoms with van der Waals surface area (Å²) in [7, 11) is -7.57. The zero-order valence-corrected chi connectivity index (χ0v) is 20.8. The minimum absolute atomic E-state index is 0.000126. The monoisotopic (exact) mass is 549 g/mol. The van der Waals surface area contributed by atoms with Crippen molar-refractivity contribution in [3.8, 4) is 11.3 Å². The summed E-state index contributed by atoms with van der Waals surface area (Å²) in [6.45, 7) is -0.884. The number of nitrogen functional groups attached to an aromatic ring is 1. The molecule has 4 rings (SSSR count). The van der Waals surface area contributed by atoms with Crippen LogP contribution in [0.15, 0.2) is 62.8 Å². The van der Waals surface area contributed by atoms with E-state index in [1.165, 1.54) is 48.5 Å². The quantitative estimate of drug-likeness (QED) is 0.147. The predicted molar refractivity (Wildman–Crippen MR) is 134 cm³/mol. The molecule has 14 nitrogen and oxygen atoms in total. The molecular weight excluding hydrogens is 526 g/mol. The first-order chi connectivity index (χ1) is 17.6. The molecule has 2 heterocycles. The molecular formula is C21H23N7O7S2. The lowest BCUT2D eigenvalue weighted by Crippen LogP contribution is -2.26. The average Bonchev–Trinajstić information content (AvgIpc) is 3.31. The topological polar surface area (TPSA) is 223 Å². The highest BCUT2D eigenvalue weighted by atomic mass is 32.2. The van der Waals surface area contributed by atoms with Gasteiger partial charge in [-0.25, -0.2) is 26.3 Å². The summed E-state index contributed by atoms with van der Waals surface area (Å²) in [4.78, 5) is 8.28. The summed E-state index contributed by atoms with van der Waals surface area (Å²) in [6.07, 6.45) is 0. The third-order valence-electron chi connectivity index (χ3n) is 5.03. The van der Waals surface area contributed by atoms with Gasteiger partial charge in [-0.15, -0.1) is 0 Å². The SMILES string of the molecule is Nc1nc(Nc2ccc(S(=O)(=O)NCCO)cc2)c2c(-c3ccc(S(=O)(=O)NCCO)cc3)noc2n1. The van der Waals surface area contributed by atoms with Crippen LogP contribution in [0.25, 0.3) is 22.4 Å². The Morgan fingerprint density at radius 1 is 0.811 bits per heavy atom. The summed E-state index contributed by atoms with van der Waals surface area (Å²) in [5.74, 6) is 0.135. The van der Waals surface area contributed by atoms with Gasteiger partial charge in [-0.3, -0.25) is 0 Å². The van der Waals surface area contributed by atoms with Gasteiger partial charge in [-0.05, 0) is 36.4 Å². The highest BCUT2D eigenvalue weighted by Crippen LogP contribution is 2.34. The Balaban J connectivity index is 1.66. The number of aliphatic hydroxyl groups is 2. The fourth-order valence-electron chi connectivity index (χ4n) is 3.33. The fraction of sp³-hybridized carbons (Fsp3) is 0.190. The van der Waals surface area contributed by atoms with E-state index in [0.717, 1.165) is 0 Å². The van der Waals surface area contributed by atoms with E-state index in [2.05, 4.69) is 29.9 Å². The number of fused-ring (bicyclic) bond motifs is 1. The number of nitrogens with two attached hydrogens (primary N) is 1. The molecule has 0 spiro atoms. The standard InChI is InChI=1S/C21H23N7O7S2/c22-21-26-19(25-14-3-7-16(8-4-14)37(33,34)24-10-12-30)17-18(28-35-20(17)27-21)13-1-5-15(6-2-13)36(31,32)23-9-11-29/h1-8,23-24,29-30H,9-12H2,(H3,22,25,26,27). The van der Waals surface area contributed by atoms with Crippen LogP contribution in [0.4, 0.5) is 17.5 Å². The number of benzene rings is 2. The highest BCUT2D eigenvalue weighted by molar-refractivity contribution is 7.89. The van der Waals surface area contributed by atoms with Crippen LogP contribution in [0.3, 0.4) is 0 Å². The van der Waals surface area contributed by atoms with E-state index in [-0.39, 0.29) is 53.6 Å². The lowest BCUT2D eigenvalue weighted by Gasteiger charge is -2.10. The lowest BCUT2D eigenvalue weighted by atomic mass is 10.1. The Morgan fingerprint density at radius 3 is 1.89 bits per heavy atom. The van der Waals surface area contributed by atoms with Crippen molar-refractivity contribution >= 4 is 48.6 Å². The number of hydrogen-bond donors (Lipinski definition) is 6. The zero-order chi connectivity index (χ0) is 26.6. The number of hydrogen-bond acceptors (Lipinski definition) is 12. The van der Waals surface area contributed by atoms with Crippen LogP contribution in [-0.2, 0) is 20.0 Å². The Bertz CT molecular complexity index is 1610. The number of nitrogens with one attached hydrogen (secondary N) is 3. The molecule has 16 heteroatoms. The van der Waals surface area contributed by atoms with Gasteiger partial charge in [0.2, 0.25) is 26.0 Å². The average molecular weight is 550 g/mol. The van der Waals surface area contributed by atoms with Crippen molar-refractivity contribution in [2.75, 3.05) is 37.4 Å². The maximum absolute atomic E-state index is 12.3. The number of aliphatic hydroxyl groups excluding tert-OH is 2. The molecule has 0 bridgehead atoms. The molecule has 4 aromatic rings. The van der Waals surface area contributed by atoms with Gasteiger partial charge in [0.15, 0.2) is 0 Å². The van der Waals surface area contributed by atoms with E-state index in [9.17, 15) is 16.8 Å². The van der Waals surface area contributed by atoms with Crippen molar-refractivity contribution < 1.29 is 31.6 Å². The zero-order valence-electron chi connectivity index (χ0n) is 19.1. The number of anilines is 3. The van der Waals surface area contributed by atoms with Gasteiger partial charge in [-0.1, -0.05) is 17.3 Å². The molecule has 0 aliphatic carbocycles. The summed E-state index contributed by atoms with van der Waals surface area (Å²) in [6, 6.07) is 11.6. The first kappa shape index (κ1) is 26.4. The first-order valence-corrected chi connectivity index (χ1v) is 13.7. The summed E-state index contributed by atoms with van der Waals surface area (Å²) in [5.41, 5.74) is 7.19. The van der Waals surface area contributed by atoms with E-state index in [1.54, 1.807) is 0 Å². The largest absolute Gasteiger partial charge is 0.395 e. The Hall–Kier alpha value is -3.67. The molecule has 196 valence electrons. The molecule has 2 aromatic heterocycles. The molecule has 0 saturated carbocycles. The predicted octanol–water partition coefficient (Wildman–Crippen LogP) is 0.152. The molecule has 0 aliphatic heterocycles. The molecule has 0 atom stereocenters. The molecule has 0 saturated heterocycles. The van der Waals surface area contributed by atoms with Crippen LogP contribution in [0.1, 0.15) is 0 Å². The number of nitrogens with zero attached hydrogens (tertiary/aromatic N) is 3. The van der Waals surface area contributed by atoms with Crippen molar-refractivity contribution in [2.45, 2.75) is 9.79 Å². The summed E-state index contributed by atoms with van der Waals surface area (Å²) >= 11 is 0. The van der Waals surface area contributed by atoms with Gasteiger partial charge < -0.3 is 25.8 Å². The van der Waals surface area contributed by atoms with Crippen molar-refractivity contribution in [1.82, 2.24) is 24.6 Å².